The number of hydrogen-bond acceptors (Lipinski definition) is 4. The molecule has 3 rings (SSSR count). The number of amides is 2. The van der Waals surface area contributed by atoms with Crippen molar-refractivity contribution >= 4 is 23.2 Å². The van der Waals surface area contributed by atoms with Crippen LogP contribution in [0.15, 0.2) is 59.7 Å². The first kappa shape index (κ1) is 17.8. The Labute approximate surface area is 151 Å². The molecule has 0 aromatic heterocycles. The van der Waals surface area contributed by atoms with Crippen LogP contribution in [0.1, 0.15) is 37.0 Å². The number of carbonyl (C=O) groups is 2. The molecule has 1 atom stereocenters. The molecule has 0 aliphatic heterocycles. The number of carbonyl (C=O) groups excluding carboxylic acids is 2. The Morgan fingerprint density at radius 3 is 2.35 bits per heavy atom. The molecule has 6 nitrogen and oxygen atoms in total. The maximum Gasteiger partial charge on any atom is 0.273 e. The molecule has 134 valence electrons. The van der Waals surface area contributed by atoms with Crippen LogP contribution in [0.3, 0.4) is 0 Å². The van der Waals surface area contributed by atoms with Crippen molar-refractivity contribution in [2.75, 3.05) is 5.32 Å². The number of hydrazone groups is 1. The first-order valence-corrected chi connectivity index (χ1v) is 8.53. The molecule has 2 aromatic carbocycles. The second-order valence-electron chi connectivity index (χ2n) is 6.33. The van der Waals surface area contributed by atoms with Gasteiger partial charge in [0.2, 0.25) is 5.91 Å². The fraction of sp³-hybridized carbons (Fsp3) is 0.250. The third-order valence-corrected chi connectivity index (χ3v) is 4.22. The van der Waals surface area contributed by atoms with Crippen molar-refractivity contribution in [2.24, 2.45) is 11.0 Å². The summed E-state index contributed by atoms with van der Waals surface area (Å²) in [5.41, 5.74) is 5.03. The molecule has 0 saturated heterocycles. The Morgan fingerprint density at radius 2 is 1.73 bits per heavy atom. The standard InChI is InChI=1S/C20H21N3O3/c1-13(22-23-20(26)18(24)15-5-3-2-4-6-15)14-9-11-17(12-10-14)21-19(25)16-7-8-16/h2-6,9-12,16,18,24H,7-8H2,1H3,(H,21,25)(H,23,26)/b22-13-. The molecule has 1 aliphatic carbocycles. The summed E-state index contributed by atoms with van der Waals surface area (Å²) in [6.07, 6.45) is 0.654. The van der Waals surface area contributed by atoms with E-state index >= 15 is 0 Å². The average molecular weight is 351 g/mol. The third kappa shape index (κ3) is 4.55. The van der Waals surface area contributed by atoms with Gasteiger partial charge in [0.25, 0.3) is 5.91 Å². The largest absolute Gasteiger partial charge is 0.378 e. The maximum atomic E-state index is 12.0. The van der Waals surface area contributed by atoms with Crippen molar-refractivity contribution in [1.82, 2.24) is 5.43 Å². The second-order valence-corrected chi connectivity index (χ2v) is 6.33. The molecule has 1 unspecified atom stereocenters. The van der Waals surface area contributed by atoms with Crippen molar-refractivity contribution in [3.05, 3.63) is 65.7 Å². The van der Waals surface area contributed by atoms with Crippen molar-refractivity contribution < 1.29 is 14.7 Å². The molecule has 1 saturated carbocycles. The Balaban J connectivity index is 1.58. The SMILES string of the molecule is C/C(=N/NC(=O)C(O)c1ccccc1)c1ccc(NC(=O)C2CC2)cc1. The van der Waals surface area contributed by atoms with E-state index in [1.165, 1.54) is 0 Å². The van der Waals surface area contributed by atoms with Gasteiger partial charge in [0, 0.05) is 11.6 Å². The van der Waals surface area contributed by atoms with Crippen LogP contribution in [0.4, 0.5) is 5.69 Å². The zero-order valence-corrected chi connectivity index (χ0v) is 14.5. The first-order valence-electron chi connectivity index (χ1n) is 8.53. The molecule has 0 heterocycles. The molecule has 0 spiro atoms. The zero-order chi connectivity index (χ0) is 18.5. The van der Waals surface area contributed by atoms with Crippen LogP contribution in [0.5, 0.6) is 0 Å². The summed E-state index contributed by atoms with van der Waals surface area (Å²) in [5, 5.41) is 16.9. The number of rotatable bonds is 6. The predicted octanol–water partition coefficient (Wildman–Crippen LogP) is 2.61. The van der Waals surface area contributed by atoms with Gasteiger partial charge in [-0.15, -0.1) is 0 Å². The molecule has 0 radical (unpaired) electrons. The van der Waals surface area contributed by atoms with Gasteiger partial charge >= 0.3 is 0 Å². The van der Waals surface area contributed by atoms with E-state index in [2.05, 4.69) is 15.8 Å². The number of aliphatic hydroxyl groups is 1. The van der Waals surface area contributed by atoms with Crippen LogP contribution in [0.25, 0.3) is 0 Å². The van der Waals surface area contributed by atoms with Crippen molar-refractivity contribution in [3.63, 3.8) is 0 Å². The molecule has 3 N–H and O–H groups in total. The number of nitrogens with one attached hydrogen (secondary N) is 2. The molecular weight excluding hydrogens is 330 g/mol. The van der Waals surface area contributed by atoms with Gasteiger partial charge in [0.15, 0.2) is 6.10 Å². The number of hydrogen-bond donors (Lipinski definition) is 3. The lowest BCUT2D eigenvalue weighted by atomic mass is 10.1. The topological polar surface area (TPSA) is 90.8 Å². The Kier molecular flexibility index (Phi) is 5.43. The summed E-state index contributed by atoms with van der Waals surface area (Å²) in [6, 6.07) is 15.9. The minimum atomic E-state index is -1.27. The van der Waals surface area contributed by atoms with Gasteiger partial charge in [-0.1, -0.05) is 42.5 Å². The van der Waals surface area contributed by atoms with E-state index in [1.54, 1.807) is 43.3 Å². The fourth-order valence-electron chi connectivity index (χ4n) is 2.44. The summed E-state index contributed by atoms with van der Waals surface area (Å²) in [4.78, 5) is 23.8. The Morgan fingerprint density at radius 1 is 1.08 bits per heavy atom. The van der Waals surface area contributed by atoms with E-state index in [0.29, 0.717) is 11.3 Å². The van der Waals surface area contributed by atoms with E-state index < -0.39 is 12.0 Å². The number of aliphatic hydroxyl groups excluding tert-OH is 1. The predicted molar refractivity (Wildman–Crippen MR) is 99.6 cm³/mol. The van der Waals surface area contributed by atoms with E-state index in [-0.39, 0.29) is 11.8 Å². The van der Waals surface area contributed by atoms with Crippen LogP contribution in [0, 0.1) is 5.92 Å². The van der Waals surface area contributed by atoms with Crippen LogP contribution in [0.2, 0.25) is 0 Å². The van der Waals surface area contributed by atoms with Crippen molar-refractivity contribution in [1.29, 1.82) is 0 Å². The Bertz CT molecular complexity index is 812. The number of nitrogens with zero attached hydrogens (tertiary/aromatic N) is 1. The van der Waals surface area contributed by atoms with Gasteiger partial charge < -0.3 is 10.4 Å². The molecule has 2 aromatic rings. The van der Waals surface area contributed by atoms with Crippen molar-refractivity contribution in [2.45, 2.75) is 25.9 Å². The van der Waals surface area contributed by atoms with E-state index in [0.717, 1.165) is 24.1 Å². The summed E-state index contributed by atoms with van der Waals surface area (Å²) in [7, 11) is 0. The maximum absolute atomic E-state index is 12.0. The first-order chi connectivity index (χ1) is 12.5. The van der Waals surface area contributed by atoms with E-state index in [1.807, 2.05) is 18.2 Å². The lowest BCUT2D eigenvalue weighted by Crippen LogP contribution is -2.26. The Hall–Kier alpha value is -2.99. The lowest BCUT2D eigenvalue weighted by Gasteiger charge is -2.10. The molecule has 2 amide bonds. The molecule has 6 heteroatoms. The highest BCUT2D eigenvalue weighted by atomic mass is 16.3. The van der Waals surface area contributed by atoms with Gasteiger partial charge in [-0.05, 0) is 43.0 Å². The number of benzene rings is 2. The van der Waals surface area contributed by atoms with Crippen LogP contribution in [-0.2, 0) is 9.59 Å². The number of anilines is 1. The molecule has 1 fully saturated rings. The average Bonchev–Trinajstić information content (AvgIpc) is 3.52. The minimum absolute atomic E-state index is 0.0605. The zero-order valence-electron chi connectivity index (χ0n) is 14.5. The molecule has 0 bridgehead atoms. The van der Waals surface area contributed by atoms with E-state index in [9.17, 15) is 14.7 Å². The lowest BCUT2D eigenvalue weighted by molar-refractivity contribution is -0.129. The van der Waals surface area contributed by atoms with E-state index in [4.69, 9.17) is 0 Å². The molecular formula is C20H21N3O3. The second kappa shape index (κ2) is 7.93. The summed E-state index contributed by atoms with van der Waals surface area (Å²) in [5.74, 6) is -0.376. The summed E-state index contributed by atoms with van der Waals surface area (Å²) < 4.78 is 0. The van der Waals surface area contributed by atoms with Gasteiger partial charge in [-0.2, -0.15) is 5.10 Å². The van der Waals surface area contributed by atoms with Crippen LogP contribution in [-0.4, -0.2) is 22.6 Å². The van der Waals surface area contributed by atoms with Crippen LogP contribution >= 0.6 is 0 Å². The van der Waals surface area contributed by atoms with Gasteiger partial charge in [-0.25, -0.2) is 5.43 Å². The smallest absolute Gasteiger partial charge is 0.273 e. The highest BCUT2D eigenvalue weighted by Gasteiger charge is 2.29. The van der Waals surface area contributed by atoms with Gasteiger partial charge in [0.1, 0.15) is 0 Å². The van der Waals surface area contributed by atoms with Gasteiger partial charge in [0.05, 0.1) is 5.71 Å². The van der Waals surface area contributed by atoms with Crippen LogP contribution < -0.4 is 10.7 Å². The normalized spacial score (nSPS) is 15.2. The molecule has 1 aliphatic rings. The van der Waals surface area contributed by atoms with Gasteiger partial charge in [-0.3, -0.25) is 9.59 Å². The third-order valence-electron chi connectivity index (χ3n) is 4.22. The fourth-order valence-corrected chi connectivity index (χ4v) is 2.44. The highest BCUT2D eigenvalue weighted by Crippen LogP contribution is 2.30. The summed E-state index contributed by atoms with van der Waals surface area (Å²) in [6.45, 7) is 1.76. The van der Waals surface area contributed by atoms with Crippen molar-refractivity contribution in [3.8, 4) is 0 Å². The highest BCUT2D eigenvalue weighted by molar-refractivity contribution is 6.00. The monoisotopic (exact) mass is 351 g/mol. The minimum Gasteiger partial charge on any atom is -0.378 e. The summed E-state index contributed by atoms with van der Waals surface area (Å²) >= 11 is 0. The quantitative estimate of drug-likeness (QED) is 0.552. The molecule has 26 heavy (non-hydrogen) atoms.